The van der Waals surface area contributed by atoms with Crippen LogP contribution in [0.1, 0.15) is 93.9 Å². The van der Waals surface area contributed by atoms with E-state index in [0.29, 0.717) is 30.4 Å². The number of carbonyl (C=O) groups excluding carboxylic acids is 4. The predicted molar refractivity (Wildman–Crippen MR) is 237 cm³/mol. The summed E-state index contributed by atoms with van der Waals surface area (Å²) in [5.41, 5.74) is 6.03. The molecule has 2 aliphatic heterocycles. The van der Waals surface area contributed by atoms with E-state index in [1.54, 1.807) is 22.2 Å². The number of aromatic amines is 2. The zero-order valence-electron chi connectivity index (χ0n) is 35.5. The molecule has 16 heteroatoms. The van der Waals surface area contributed by atoms with Gasteiger partial charge in [-0.15, -0.1) is 24.8 Å². The van der Waals surface area contributed by atoms with Crippen LogP contribution in [0.4, 0.5) is 9.59 Å². The molecule has 0 aliphatic carbocycles. The van der Waals surface area contributed by atoms with E-state index in [1.807, 2.05) is 65.0 Å². The van der Waals surface area contributed by atoms with Gasteiger partial charge in [-0.3, -0.25) is 9.59 Å². The minimum Gasteiger partial charge on any atom is -0.453 e. The normalized spacial score (nSPS) is 16.5. The second-order valence-corrected chi connectivity index (χ2v) is 15.5. The van der Waals surface area contributed by atoms with Crippen LogP contribution in [0.25, 0.3) is 22.4 Å². The minimum absolute atomic E-state index is 0. The molecule has 0 spiro atoms. The molecule has 0 bridgehead atoms. The van der Waals surface area contributed by atoms with Crippen LogP contribution in [0, 0.1) is 42.4 Å². The molecule has 4 amide bonds. The van der Waals surface area contributed by atoms with E-state index >= 15 is 0 Å². The van der Waals surface area contributed by atoms with E-state index in [9.17, 15) is 19.2 Å². The summed E-state index contributed by atoms with van der Waals surface area (Å²) in [5.74, 6) is 13.1. The number of benzene rings is 2. The monoisotopic (exact) mass is 872 g/mol. The molecule has 4 N–H and O–H groups in total. The molecule has 2 saturated heterocycles. The number of hydrogen-bond donors (Lipinski definition) is 4. The third kappa shape index (κ3) is 11.1. The highest BCUT2D eigenvalue weighted by atomic mass is 35.5. The summed E-state index contributed by atoms with van der Waals surface area (Å²) in [6.07, 6.45) is 5.28. The number of ether oxygens (including phenoxy) is 2. The highest BCUT2D eigenvalue weighted by Crippen LogP contribution is 2.35. The maximum atomic E-state index is 13.7. The third-order valence-electron chi connectivity index (χ3n) is 10.9. The van der Waals surface area contributed by atoms with Crippen molar-refractivity contribution >= 4 is 48.8 Å². The van der Waals surface area contributed by atoms with Crippen molar-refractivity contribution in [2.24, 2.45) is 11.8 Å². The van der Waals surface area contributed by atoms with Gasteiger partial charge in [0.15, 0.2) is 0 Å². The van der Waals surface area contributed by atoms with Gasteiger partial charge in [0.25, 0.3) is 0 Å². The lowest BCUT2D eigenvalue weighted by Crippen LogP contribution is -2.51. The number of alkyl carbamates (subject to hydrolysis) is 2. The van der Waals surface area contributed by atoms with Crippen molar-refractivity contribution in [3.63, 3.8) is 0 Å². The van der Waals surface area contributed by atoms with Gasteiger partial charge in [0.1, 0.15) is 29.4 Å². The van der Waals surface area contributed by atoms with Gasteiger partial charge in [-0.25, -0.2) is 19.6 Å². The van der Waals surface area contributed by atoms with Gasteiger partial charge in [-0.05, 0) is 91.0 Å². The molecule has 4 heterocycles. The lowest BCUT2D eigenvalue weighted by molar-refractivity contribution is -0.136. The van der Waals surface area contributed by atoms with Crippen molar-refractivity contribution in [1.82, 2.24) is 40.4 Å². The van der Waals surface area contributed by atoms with Gasteiger partial charge in [0, 0.05) is 24.2 Å². The van der Waals surface area contributed by atoms with E-state index in [0.717, 1.165) is 59.2 Å². The van der Waals surface area contributed by atoms with Crippen LogP contribution in [-0.2, 0) is 19.1 Å². The maximum Gasteiger partial charge on any atom is 0.407 e. The lowest BCUT2D eigenvalue weighted by Gasteiger charge is -2.30. The van der Waals surface area contributed by atoms with Crippen LogP contribution in [0.2, 0.25) is 0 Å². The number of rotatable bonds is 10. The summed E-state index contributed by atoms with van der Waals surface area (Å²) in [5, 5.41) is 5.38. The fourth-order valence-corrected chi connectivity index (χ4v) is 7.75. The van der Waals surface area contributed by atoms with Gasteiger partial charge in [-0.2, -0.15) is 0 Å². The molecule has 2 aromatic heterocycles. The Balaban J connectivity index is 0.00000410. The van der Waals surface area contributed by atoms with Gasteiger partial charge in [-0.1, -0.05) is 63.9 Å². The van der Waals surface area contributed by atoms with Crippen LogP contribution in [0.3, 0.4) is 0 Å². The molecule has 0 radical (unpaired) electrons. The Bertz CT molecular complexity index is 2300. The van der Waals surface area contributed by atoms with Gasteiger partial charge >= 0.3 is 12.2 Å². The number of methoxy groups -OCH3 is 2. The molecule has 324 valence electrons. The summed E-state index contributed by atoms with van der Waals surface area (Å²) in [6, 6.07) is 12.2. The van der Waals surface area contributed by atoms with Crippen molar-refractivity contribution in [3.05, 3.63) is 83.3 Å². The molecule has 0 unspecified atom stereocenters. The second kappa shape index (κ2) is 21.5. The highest BCUT2D eigenvalue weighted by Gasteiger charge is 2.39. The van der Waals surface area contributed by atoms with E-state index in [4.69, 9.17) is 14.5 Å². The number of imidazole rings is 2. The first kappa shape index (κ1) is 47.7. The number of H-pyrrole nitrogens is 2. The van der Waals surface area contributed by atoms with E-state index in [-0.39, 0.29) is 60.5 Å². The molecule has 2 fully saturated rings. The number of amides is 4. The SMILES string of the molecule is COC(=O)N[C@H](C(=O)N1CCC[C@H]1c1ncc(C#CC#Cc2c(C)cc(-c3cnc([C@@H]4CCCN4C(=O)[C@@H](NC(=O)OC)C(C)C)[nH]3)cc2-c2ccccc2)[nH]1)C(C)C.Cl.Cl. The zero-order chi connectivity index (χ0) is 42.2. The van der Waals surface area contributed by atoms with Crippen molar-refractivity contribution in [2.75, 3.05) is 27.3 Å². The quantitative estimate of drug-likeness (QED) is 0.122. The first-order chi connectivity index (χ1) is 28.4. The topological polar surface area (TPSA) is 175 Å². The zero-order valence-corrected chi connectivity index (χ0v) is 37.1. The summed E-state index contributed by atoms with van der Waals surface area (Å²) >= 11 is 0. The number of aromatic nitrogens is 4. The van der Waals surface area contributed by atoms with Crippen molar-refractivity contribution in [1.29, 1.82) is 0 Å². The summed E-state index contributed by atoms with van der Waals surface area (Å²) in [7, 11) is 2.56. The Morgan fingerprint density at radius 2 is 1.26 bits per heavy atom. The summed E-state index contributed by atoms with van der Waals surface area (Å²) in [4.78, 5) is 70.9. The molecular formula is C45H54Cl2N8O6. The van der Waals surface area contributed by atoms with E-state index in [1.165, 1.54) is 14.2 Å². The Kier molecular flexibility index (Phi) is 16.8. The molecule has 0 saturated carbocycles. The van der Waals surface area contributed by atoms with Gasteiger partial charge in [0.2, 0.25) is 11.8 Å². The molecule has 4 atom stereocenters. The van der Waals surface area contributed by atoms with Gasteiger partial charge < -0.3 is 39.9 Å². The van der Waals surface area contributed by atoms with Gasteiger partial charge in [0.05, 0.1) is 44.4 Å². The second-order valence-electron chi connectivity index (χ2n) is 15.5. The van der Waals surface area contributed by atoms with Crippen LogP contribution >= 0.6 is 24.8 Å². The summed E-state index contributed by atoms with van der Waals surface area (Å²) < 4.78 is 9.53. The molecule has 61 heavy (non-hydrogen) atoms. The fraction of sp³-hybridized carbons (Fsp3) is 0.422. The van der Waals surface area contributed by atoms with Crippen molar-refractivity contribution in [2.45, 2.75) is 84.5 Å². The Labute approximate surface area is 369 Å². The molecule has 2 aliphatic rings. The number of nitrogens with one attached hydrogen (secondary N) is 4. The average molecular weight is 874 g/mol. The smallest absolute Gasteiger partial charge is 0.407 e. The van der Waals surface area contributed by atoms with Crippen LogP contribution in [0.5, 0.6) is 0 Å². The highest BCUT2D eigenvalue weighted by molar-refractivity contribution is 5.87. The standard InChI is InChI=1S/C45H52N8O6.2ClH/c1-27(2)38(50-44(56)58-6)42(54)52-21-13-19-36(52)40-46-25-32(48-40)17-11-12-18-33-29(5)23-31(24-34(33)30-15-9-8-10-16-30)35-26-47-41(49-35)37-20-14-22-53(37)43(55)39(28(3)4)51-45(57)59-7;;/h8-10,15-16,23-28,36-39H,13-14,19-22H2,1-7H3,(H,46,48)(H,47,49)(H,50,56)(H,51,57);2*1H/t36-,37-,38-,39-;;/m0../s1. The van der Waals surface area contributed by atoms with E-state index < -0.39 is 24.3 Å². The Hall–Kier alpha value is -5.96. The minimum atomic E-state index is -0.718. The molecular weight excluding hydrogens is 819 g/mol. The number of nitrogens with zero attached hydrogens (tertiary/aromatic N) is 4. The molecule has 4 aromatic rings. The predicted octanol–water partition coefficient (Wildman–Crippen LogP) is 7.11. The largest absolute Gasteiger partial charge is 0.453 e. The molecule has 2 aromatic carbocycles. The van der Waals surface area contributed by atoms with E-state index in [2.05, 4.69) is 61.4 Å². The average Bonchev–Trinajstić information content (AvgIpc) is 4.07. The third-order valence-corrected chi connectivity index (χ3v) is 10.9. The Morgan fingerprint density at radius 1 is 0.738 bits per heavy atom. The Morgan fingerprint density at radius 3 is 1.80 bits per heavy atom. The first-order valence-electron chi connectivity index (χ1n) is 20.0. The molecule has 6 rings (SSSR count). The van der Waals surface area contributed by atoms with Crippen LogP contribution in [0.15, 0.2) is 54.9 Å². The van der Waals surface area contributed by atoms with Crippen LogP contribution in [-0.4, -0.2) is 93.1 Å². The number of hydrogen-bond acceptors (Lipinski definition) is 8. The number of aryl methyl sites for hydroxylation is 1. The van der Waals surface area contributed by atoms with Crippen molar-refractivity contribution in [3.8, 4) is 46.1 Å². The van der Waals surface area contributed by atoms with Crippen LogP contribution < -0.4 is 10.6 Å². The maximum absolute atomic E-state index is 13.7. The number of likely N-dealkylation sites (tertiary alicyclic amines) is 2. The van der Waals surface area contributed by atoms with Crippen molar-refractivity contribution < 1.29 is 28.7 Å². The molecule has 14 nitrogen and oxygen atoms in total. The first-order valence-corrected chi connectivity index (χ1v) is 20.0. The number of halogens is 2. The fourth-order valence-electron chi connectivity index (χ4n) is 7.75. The lowest BCUT2D eigenvalue weighted by atomic mass is 9.93. The summed E-state index contributed by atoms with van der Waals surface area (Å²) in [6.45, 7) is 10.7. The number of carbonyl (C=O) groups is 4.